The third-order valence-electron chi connectivity index (χ3n) is 1.43. The first-order valence-electron chi connectivity index (χ1n) is 3.49. The summed E-state index contributed by atoms with van der Waals surface area (Å²) >= 11 is 3.66. The van der Waals surface area contributed by atoms with Crippen LogP contribution in [0.15, 0.2) is 17.8 Å². The van der Waals surface area contributed by atoms with Crippen LogP contribution in [0.4, 0.5) is 0 Å². The van der Waals surface area contributed by atoms with E-state index in [1.54, 1.807) is 18.0 Å². The highest BCUT2D eigenvalue weighted by Crippen LogP contribution is 2.19. The molecule has 2 aromatic heterocycles. The number of nitrogens with zero attached hydrogens (tertiary/aromatic N) is 3. The van der Waals surface area contributed by atoms with Gasteiger partial charge in [0.25, 0.3) is 5.19 Å². The van der Waals surface area contributed by atoms with Gasteiger partial charge in [-0.2, -0.15) is 10.1 Å². The Balaban J connectivity index is 2.35. The number of hydrogen-bond donors (Lipinski definition) is 0. The first-order valence-corrected chi connectivity index (χ1v) is 5.45. The molecule has 4 nitrogen and oxygen atoms in total. The lowest BCUT2D eigenvalue weighted by Gasteiger charge is -1.92. The molecule has 6 heteroatoms. The van der Waals surface area contributed by atoms with E-state index in [0.29, 0.717) is 5.19 Å². The maximum atomic E-state index is 4.99. The van der Waals surface area contributed by atoms with Crippen molar-refractivity contribution in [3.05, 3.63) is 21.3 Å². The smallest absolute Gasteiger partial charge is 0.274 e. The van der Waals surface area contributed by atoms with E-state index >= 15 is 0 Å². The Bertz CT molecular complexity index is 411. The summed E-state index contributed by atoms with van der Waals surface area (Å²) < 4.78 is 7.80. The molecule has 0 fully saturated rings. The van der Waals surface area contributed by atoms with Crippen LogP contribution in [0.3, 0.4) is 0 Å². The summed E-state index contributed by atoms with van der Waals surface area (Å²) in [5, 5.41) is 6.69. The first kappa shape index (κ1) is 8.95. The van der Waals surface area contributed by atoms with Gasteiger partial charge in [-0.15, -0.1) is 0 Å². The summed E-state index contributed by atoms with van der Waals surface area (Å²) in [5.74, 6) is 0.796. The molecular formula is C7H6IN3OS. The average molecular weight is 307 g/mol. The maximum Gasteiger partial charge on any atom is 0.274 e. The van der Waals surface area contributed by atoms with Crippen LogP contribution in [-0.2, 0) is 0 Å². The molecule has 0 unspecified atom stereocenters. The van der Waals surface area contributed by atoms with Gasteiger partial charge in [0.2, 0.25) is 0 Å². The fourth-order valence-corrected chi connectivity index (χ4v) is 1.87. The lowest BCUT2D eigenvalue weighted by atomic mass is 10.7. The first-order chi connectivity index (χ1) is 6.29. The number of thiazole rings is 1. The molecule has 2 aromatic rings. The predicted octanol–water partition coefficient (Wildman–Crippen LogP) is 1.94. The average Bonchev–Trinajstić information content (AvgIpc) is 2.71. The molecule has 0 N–H and O–H groups in total. The van der Waals surface area contributed by atoms with Crippen LogP contribution in [-0.4, -0.2) is 21.9 Å². The van der Waals surface area contributed by atoms with E-state index in [9.17, 15) is 0 Å². The van der Waals surface area contributed by atoms with E-state index in [1.165, 1.54) is 11.3 Å². The van der Waals surface area contributed by atoms with E-state index in [-0.39, 0.29) is 0 Å². The second-order valence-corrected chi connectivity index (χ2v) is 4.35. The van der Waals surface area contributed by atoms with Crippen LogP contribution < -0.4 is 4.74 Å². The fraction of sp³-hybridized carbons (Fsp3) is 0.143. The molecule has 0 bridgehead atoms. The van der Waals surface area contributed by atoms with Crippen molar-refractivity contribution in [3.8, 4) is 11.0 Å². The van der Waals surface area contributed by atoms with Crippen molar-refractivity contribution in [2.75, 3.05) is 7.11 Å². The molecule has 0 saturated carbocycles. The van der Waals surface area contributed by atoms with Crippen LogP contribution in [0.5, 0.6) is 5.19 Å². The van der Waals surface area contributed by atoms with Crippen LogP contribution in [0, 0.1) is 3.57 Å². The number of ether oxygens (including phenoxy) is 1. The molecule has 2 rings (SSSR count). The zero-order valence-electron chi connectivity index (χ0n) is 6.77. The minimum absolute atomic E-state index is 0.653. The Hall–Kier alpha value is -0.630. The topological polar surface area (TPSA) is 39.9 Å². The number of methoxy groups -OCH3 is 1. The molecule has 0 saturated heterocycles. The zero-order chi connectivity index (χ0) is 9.26. The Kier molecular flexibility index (Phi) is 2.49. The summed E-state index contributed by atoms with van der Waals surface area (Å²) in [5.41, 5.74) is 0. The predicted molar refractivity (Wildman–Crippen MR) is 58.5 cm³/mol. The summed E-state index contributed by atoms with van der Waals surface area (Å²) in [4.78, 5) is 4.21. The van der Waals surface area contributed by atoms with E-state index in [4.69, 9.17) is 4.74 Å². The SMILES string of the molecule is COc1nc(-n2cc(I)cn2)cs1. The highest BCUT2D eigenvalue weighted by molar-refractivity contribution is 14.1. The number of hydrogen-bond acceptors (Lipinski definition) is 4. The molecule has 0 amide bonds. The number of aromatic nitrogens is 3. The van der Waals surface area contributed by atoms with Crippen molar-refractivity contribution in [3.63, 3.8) is 0 Å². The lowest BCUT2D eigenvalue weighted by molar-refractivity contribution is 0.411. The van der Waals surface area contributed by atoms with Crippen molar-refractivity contribution in [2.45, 2.75) is 0 Å². The number of rotatable bonds is 2. The molecule has 2 heterocycles. The molecule has 0 aromatic carbocycles. The minimum Gasteiger partial charge on any atom is -0.473 e. The van der Waals surface area contributed by atoms with Gasteiger partial charge in [-0.3, -0.25) is 0 Å². The van der Waals surface area contributed by atoms with Gasteiger partial charge in [0, 0.05) is 11.6 Å². The highest BCUT2D eigenvalue weighted by atomic mass is 127. The molecule has 0 aliphatic rings. The summed E-state index contributed by atoms with van der Waals surface area (Å²) in [6.07, 6.45) is 3.70. The molecule has 0 aliphatic heterocycles. The molecule has 0 radical (unpaired) electrons. The summed E-state index contributed by atoms with van der Waals surface area (Å²) in [7, 11) is 1.61. The second-order valence-electron chi connectivity index (χ2n) is 2.28. The van der Waals surface area contributed by atoms with E-state index in [0.717, 1.165) is 9.39 Å². The van der Waals surface area contributed by atoms with Gasteiger partial charge in [0.1, 0.15) is 0 Å². The Labute approximate surface area is 92.7 Å². The quantitative estimate of drug-likeness (QED) is 0.796. The molecule has 0 aliphatic carbocycles. The Morgan fingerprint density at radius 2 is 2.46 bits per heavy atom. The van der Waals surface area contributed by atoms with Gasteiger partial charge in [0.05, 0.1) is 16.9 Å². The van der Waals surface area contributed by atoms with Crippen LogP contribution >= 0.6 is 33.9 Å². The van der Waals surface area contributed by atoms with Crippen molar-refractivity contribution in [1.82, 2.24) is 14.8 Å². The van der Waals surface area contributed by atoms with Crippen molar-refractivity contribution in [1.29, 1.82) is 0 Å². The van der Waals surface area contributed by atoms with Crippen molar-refractivity contribution < 1.29 is 4.74 Å². The summed E-state index contributed by atoms with van der Waals surface area (Å²) in [6, 6.07) is 0. The molecule has 13 heavy (non-hydrogen) atoms. The standard InChI is InChI=1S/C7H6IN3OS/c1-12-7-10-6(4-13-7)11-3-5(8)2-9-11/h2-4H,1H3. The lowest BCUT2D eigenvalue weighted by Crippen LogP contribution is -1.94. The maximum absolute atomic E-state index is 4.99. The van der Waals surface area contributed by atoms with Crippen LogP contribution in [0.25, 0.3) is 5.82 Å². The fourth-order valence-electron chi connectivity index (χ4n) is 0.874. The van der Waals surface area contributed by atoms with Crippen molar-refractivity contribution in [2.24, 2.45) is 0 Å². The van der Waals surface area contributed by atoms with Gasteiger partial charge >= 0.3 is 0 Å². The third-order valence-corrected chi connectivity index (χ3v) is 2.78. The van der Waals surface area contributed by atoms with Crippen LogP contribution in [0.2, 0.25) is 0 Å². The second kappa shape index (κ2) is 3.62. The Morgan fingerprint density at radius 3 is 3.00 bits per heavy atom. The van der Waals surface area contributed by atoms with E-state index in [1.807, 2.05) is 11.6 Å². The molecule has 0 atom stereocenters. The monoisotopic (exact) mass is 307 g/mol. The third kappa shape index (κ3) is 1.83. The zero-order valence-corrected chi connectivity index (χ0v) is 9.74. The van der Waals surface area contributed by atoms with Crippen molar-refractivity contribution >= 4 is 33.9 Å². The van der Waals surface area contributed by atoms with Gasteiger partial charge < -0.3 is 4.74 Å². The molecular weight excluding hydrogens is 301 g/mol. The van der Waals surface area contributed by atoms with Crippen LogP contribution in [0.1, 0.15) is 0 Å². The van der Waals surface area contributed by atoms with Gasteiger partial charge in [-0.1, -0.05) is 11.3 Å². The van der Waals surface area contributed by atoms with Gasteiger partial charge in [-0.25, -0.2) is 4.68 Å². The highest BCUT2D eigenvalue weighted by Gasteiger charge is 2.04. The van der Waals surface area contributed by atoms with E-state index < -0.39 is 0 Å². The Morgan fingerprint density at radius 1 is 1.62 bits per heavy atom. The number of halogens is 1. The minimum atomic E-state index is 0.653. The normalized spacial score (nSPS) is 10.3. The van der Waals surface area contributed by atoms with E-state index in [2.05, 4.69) is 32.7 Å². The molecule has 68 valence electrons. The molecule has 0 spiro atoms. The largest absolute Gasteiger partial charge is 0.473 e. The summed E-state index contributed by atoms with van der Waals surface area (Å²) in [6.45, 7) is 0. The van der Waals surface area contributed by atoms with Gasteiger partial charge in [0.15, 0.2) is 5.82 Å². The van der Waals surface area contributed by atoms with Gasteiger partial charge in [-0.05, 0) is 22.6 Å².